The molecule has 2 atom stereocenters. The Bertz CT molecular complexity index is 689. The lowest BCUT2D eigenvalue weighted by atomic mass is 10.0. The molecular weight excluding hydrogens is 362 g/mol. The van der Waals surface area contributed by atoms with E-state index in [0.717, 1.165) is 18.9 Å². The van der Waals surface area contributed by atoms with E-state index in [1.807, 2.05) is 0 Å². The molecule has 8 nitrogen and oxygen atoms in total. The molecule has 0 bridgehead atoms. The third-order valence-electron chi connectivity index (χ3n) is 4.17. The number of nitrogens with zero attached hydrogens (tertiary/aromatic N) is 1. The number of nitro benzene ring substituents is 1. The maximum Gasteiger partial charge on any atom is 0.288 e. The fourth-order valence-electron chi connectivity index (χ4n) is 2.68. The summed E-state index contributed by atoms with van der Waals surface area (Å²) in [6.07, 6.45) is 1.87. The number of carbonyl (C=O) groups excluding carboxylic acids is 2. The smallest absolute Gasteiger partial charge is 0.288 e. The molecule has 0 spiro atoms. The Morgan fingerprint density at radius 2 is 2.15 bits per heavy atom. The van der Waals surface area contributed by atoms with Gasteiger partial charge in [-0.25, -0.2) is 0 Å². The van der Waals surface area contributed by atoms with E-state index >= 15 is 0 Å². The standard InChI is InChI=1S/C17H22ClN3O5/c1-10(2)15(17(23)19-9-12-4-3-7-26-12)20-16(22)11-5-6-13(18)14(8-11)21(24)25/h5-6,8,10,12,15H,3-4,7,9H2,1-2H3,(H,19,23)(H,20,22)/t12-,15+/m1/s1. The SMILES string of the molecule is CC(C)[C@H](NC(=O)c1ccc(Cl)c([N+](=O)[O-])c1)C(=O)NC[C@H]1CCCO1. The minimum absolute atomic E-state index is 0.00128. The van der Waals surface area contributed by atoms with E-state index in [-0.39, 0.29) is 34.2 Å². The van der Waals surface area contributed by atoms with Crippen molar-refractivity contribution in [2.24, 2.45) is 5.92 Å². The highest BCUT2D eigenvalue weighted by atomic mass is 35.5. The average molecular weight is 384 g/mol. The molecule has 1 heterocycles. The highest BCUT2D eigenvalue weighted by molar-refractivity contribution is 6.32. The molecule has 1 aliphatic heterocycles. The highest BCUT2D eigenvalue weighted by Crippen LogP contribution is 2.25. The Kier molecular flexibility index (Phi) is 6.93. The van der Waals surface area contributed by atoms with Crippen LogP contribution in [-0.2, 0) is 9.53 Å². The van der Waals surface area contributed by atoms with Crippen LogP contribution in [0.5, 0.6) is 0 Å². The molecule has 2 N–H and O–H groups in total. The predicted octanol–water partition coefficient (Wildman–Crippen LogP) is 2.30. The first-order valence-corrected chi connectivity index (χ1v) is 8.81. The largest absolute Gasteiger partial charge is 0.376 e. The first-order chi connectivity index (χ1) is 12.3. The van der Waals surface area contributed by atoms with E-state index in [4.69, 9.17) is 16.3 Å². The first-order valence-electron chi connectivity index (χ1n) is 8.43. The highest BCUT2D eigenvalue weighted by Gasteiger charge is 2.27. The molecule has 1 aromatic carbocycles. The number of benzene rings is 1. The van der Waals surface area contributed by atoms with Crippen LogP contribution in [0, 0.1) is 16.0 Å². The minimum atomic E-state index is -0.765. The normalized spacial score (nSPS) is 17.8. The van der Waals surface area contributed by atoms with Crippen LogP contribution in [0.25, 0.3) is 0 Å². The van der Waals surface area contributed by atoms with Crippen LogP contribution in [0.1, 0.15) is 37.0 Å². The number of amides is 2. The summed E-state index contributed by atoms with van der Waals surface area (Å²) in [6.45, 7) is 4.70. The third-order valence-corrected chi connectivity index (χ3v) is 4.49. The van der Waals surface area contributed by atoms with Crippen molar-refractivity contribution in [1.82, 2.24) is 10.6 Å². The van der Waals surface area contributed by atoms with Crippen molar-refractivity contribution in [3.63, 3.8) is 0 Å². The second-order valence-electron chi connectivity index (χ2n) is 6.50. The molecule has 0 radical (unpaired) electrons. The molecule has 1 aromatic rings. The molecule has 0 saturated carbocycles. The summed E-state index contributed by atoms with van der Waals surface area (Å²) in [6, 6.07) is 3.00. The third kappa shape index (κ3) is 5.15. The Balaban J connectivity index is 2.04. The van der Waals surface area contributed by atoms with Crippen molar-refractivity contribution in [2.45, 2.75) is 38.8 Å². The predicted molar refractivity (Wildman–Crippen MR) is 96.2 cm³/mol. The summed E-state index contributed by atoms with van der Waals surface area (Å²) >= 11 is 5.76. The van der Waals surface area contributed by atoms with E-state index in [1.54, 1.807) is 13.8 Å². The van der Waals surface area contributed by atoms with Crippen molar-refractivity contribution in [2.75, 3.05) is 13.2 Å². The molecule has 0 aromatic heterocycles. The Morgan fingerprint density at radius 1 is 1.42 bits per heavy atom. The Hall–Kier alpha value is -2.19. The van der Waals surface area contributed by atoms with Gasteiger partial charge in [-0.15, -0.1) is 0 Å². The maximum absolute atomic E-state index is 12.4. The lowest BCUT2D eigenvalue weighted by molar-refractivity contribution is -0.384. The van der Waals surface area contributed by atoms with Gasteiger partial charge in [-0.05, 0) is 30.9 Å². The number of hydrogen-bond donors (Lipinski definition) is 2. The van der Waals surface area contributed by atoms with Crippen LogP contribution in [0.3, 0.4) is 0 Å². The second-order valence-corrected chi connectivity index (χ2v) is 6.91. The van der Waals surface area contributed by atoms with Crippen LogP contribution in [0.15, 0.2) is 18.2 Å². The van der Waals surface area contributed by atoms with Gasteiger partial charge >= 0.3 is 0 Å². The molecule has 1 fully saturated rings. The molecule has 26 heavy (non-hydrogen) atoms. The molecule has 0 aliphatic carbocycles. The number of nitro groups is 1. The number of hydrogen-bond acceptors (Lipinski definition) is 5. The van der Waals surface area contributed by atoms with Crippen LogP contribution < -0.4 is 10.6 Å². The summed E-state index contributed by atoms with van der Waals surface area (Å²) in [5.41, 5.74) is -0.290. The molecule has 0 unspecified atom stereocenters. The number of ether oxygens (including phenoxy) is 1. The number of nitrogens with one attached hydrogen (secondary N) is 2. The Labute approximate surface area is 156 Å². The molecular formula is C17H22ClN3O5. The molecule has 2 amide bonds. The van der Waals surface area contributed by atoms with Crippen molar-refractivity contribution < 1.29 is 19.2 Å². The Morgan fingerprint density at radius 3 is 2.73 bits per heavy atom. The van der Waals surface area contributed by atoms with Crippen LogP contribution in [-0.4, -0.2) is 42.0 Å². The zero-order valence-corrected chi connectivity index (χ0v) is 15.4. The van der Waals surface area contributed by atoms with Crippen molar-refractivity contribution in [3.8, 4) is 0 Å². The van der Waals surface area contributed by atoms with Crippen molar-refractivity contribution in [3.05, 3.63) is 38.9 Å². The van der Waals surface area contributed by atoms with Gasteiger partial charge in [0.15, 0.2) is 0 Å². The van der Waals surface area contributed by atoms with Gasteiger partial charge < -0.3 is 15.4 Å². The summed E-state index contributed by atoms with van der Waals surface area (Å²) in [5, 5.41) is 16.3. The second kappa shape index (κ2) is 8.95. The monoisotopic (exact) mass is 383 g/mol. The molecule has 2 rings (SSSR count). The van der Waals surface area contributed by atoms with Crippen LogP contribution >= 0.6 is 11.6 Å². The molecule has 9 heteroatoms. The zero-order valence-electron chi connectivity index (χ0n) is 14.7. The summed E-state index contributed by atoms with van der Waals surface area (Å²) < 4.78 is 5.46. The number of carbonyl (C=O) groups is 2. The summed E-state index contributed by atoms with van der Waals surface area (Å²) in [4.78, 5) is 35.2. The topological polar surface area (TPSA) is 111 Å². The lowest BCUT2D eigenvalue weighted by Crippen LogP contribution is -2.50. The summed E-state index contributed by atoms with van der Waals surface area (Å²) in [7, 11) is 0. The van der Waals surface area contributed by atoms with Gasteiger partial charge in [-0.3, -0.25) is 19.7 Å². The van der Waals surface area contributed by atoms with Gasteiger partial charge in [0, 0.05) is 24.8 Å². The van der Waals surface area contributed by atoms with Crippen LogP contribution in [0.2, 0.25) is 5.02 Å². The lowest BCUT2D eigenvalue weighted by Gasteiger charge is -2.22. The van der Waals surface area contributed by atoms with Gasteiger partial charge in [0.2, 0.25) is 5.91 Å². The zero-order chi connectivity index (χ0) is 19.3. The van der Waals surface area contributed by atoms with E-state index in [0.29, 0.717) is 13.2 Å². The van der Waals surface area contributed by atoms with E-state index in [1.165, 1.54) is 12.1 Å². The molecule has 1 aliphatic rings. The van der Waals surface area contributed by atoms with E-state index < -0.39 is 16.9 Å². The van der Waals surface area contributed by atoms with Gasteiger partial charge in [-0.1, -0.05) is 25.4 Å². The van der Waals surface area contributed by atoms with Crippen LogP contribution in [0.4, 0.5) is 5.69 Å². The minimum Gasteiger partial charge on any atom is -0.376 e. The van der Waals surface area contributed by atoms with Gasteiger partial charge in [0.25, 0.3) is 11.6 Å². The molecule has 142 valence electrons. The fraction of sp³-hybridized carbons (Fsp3) is 0.529. The fourth-order valence-corrected chi connectivity index (χ4v) is 2.87. The average Bonchev–Trinajstić information content (AvgIpc) is 3.10. The number of rotatable bonds is 7. The molecule has 1 saturated heterocycles. The summed E-state index contributed by atoms with van der Waals surface area (Å²) in [5.74, 6) is -1.05. The first kappa shape index (κ1) is 20.1. The van der Waals surface area contributed by atoms with Gasteiger partial charge in [-0.2, -0.15) is 0 Å². The van der Waals surface area contributed by atoms with Crippen molar-refractivity contribution in [1.29, 1.82) is 0 Å². The van der Waals surface area contributed by atoms with Crippen molar-refractivity contribution >= 4 is 29.1 Å². The van der Waals surface area contributed by atoms with E-state index in [2.05, 4.69) is 10.6 Å². The van der Waals surface area contributed by atoms with Gasteiger partial charge in [0.1, 0.15) is 11.1 Å². The number of halogens is 1. The van der Waals surface area contributed by atoms with Gasteiger partial charge in [0.05, 0.1) is 11.0 Å². The van der Waals surface area contributed by atoms with E-state index in [9.17, 15) is 19.7 Å². The maximum atomic E-state index is 12.4. The quantitative estimate of drug-likeness (QED) is 0.554.